The first kappa shape index (κ1) is 21.6. The van der Waals surface area contributed by atoms with Crippen LogP contribution in [0.3, 0.4) is 0 Å². The second-order valence-corrected chi connectivity index (χ2v) is 6.26. The highest BCUT2D eigenvalue weighted by Gasteiger charge is 2.15. The van der Waals surface area contributed by atoms with Crippen molar-refractivity contribution < 1.29 is 14.3 Å². The molecular formula is C21H30N4O3. The molecule has 1 aliphatic heterocycles. The summed E-state index contributed by atoms with van der Waals surface area (Å²) in [7, 11) is 1.32. The molecule has 0 fully saturated rings. The van der Waals surface area contributed by atoms with Gasteiger partial charge in [0.2, 0.25) is 0 Å². The quantitative estimate of drug-likeness (QED) is 0.705. The Balaban J connectivity index is 0.00000136. The number of fused-ring (bicyclic) bond motifs is 1. The molecule has 7 nitrogen and oxygen atoms in total. The van der Waals surface area contributed by atoms with Crippen molar-refractivity contribution in [2.75, 3.05) is 25.6 Å². The van der Waals surface area contributed by atoms with Gasteiger partial charge in [-0.1, -0.05) is 19.9 Å². The molecule has 0 saturated heterocycles. The smallest absolute Gasteiger partial charge is 0.323 e. The van der Waals surface area contributed by atoms with Crippen molar-refractivity contribution >= 4 is 11.8 Å². The van der Waals surface area contributed by atoms with E-state index >= 15 is 0 Å². The summed E-state index contributed by atoms with van der Waals surface area (Å²) in [5, 5.41) is 3.34. The lowest BCUT2D eigenvalue weighted by molar-refractivity contribution is -0.142. The van der Waals surface area contributed by atoms with Crippen molar-refractivity contribution in [2.24, 2.45) is 5.73 Å². The fraction of sp³-hybridized carbons (Fsp3) is 0.476. The van der Waals surface area contributed by atoms with Gasteiger partial charge in [-0.3, -0.25) is 9.78 Å². The Kier molecular flexibility index (Phi) is 8.68. The van der Waals surface area contributed by atoms with E-state index in [0.717, 1.165) is 43.0 Å². The maximum absolute atomic E-state index is 11.3. The van der Waals surface area contributed by atoms with E-state index in [1.807, 2.05) is 19.9 Å². The van der Waals surface area contributed by atoms with Crippen LogP contribution in [0, 0.1) is 0 Å². The monoisotopic (exact) mass is 386 g/mol. The van der Waals surface area contributed by atoms with E-state index in [9.17, 15) is 4.79 Å². The van der Waals surface area contributed by atoms with Crippen LogP contribution in [0.5, 0.6) is 5.75 Å². The molecule has 0 aromatic carbocycles. The van der Waals surface area contributed by atoms with Gasteiger partial charge in [-0.2, -0.15) is 0 Å². The predicted octanol–water partition coefficient (Wildman–Crippen LogP) is 2.53. The average Bonchev–Trinajstić information content (AvgIpc) is 2.75. The number of carbonyl (C=O) groups excluding carboxylic acids is 1. The van der Waals surface area contributed by atoms with Gasteiger partial charge < -0.3 is 20.5 Å². The number of pyridine rings is 2. The zero-order chi connectivity index (χ0) is 20.4. The second-order valence-electron chi connectivity index (χ2n) is 6.26. The standard InChI is InChI=1S/C19H24N4O3.C2H6/c1-25-19(24)17(20)11-15-6-7-16(12-22-15)26-10-8-14-5-4-13-3-2-9-21-18(13)23-14;1-2/h4-7,12,17H,2-3,8-11,20H2,1H3,(H,21,23);1-2H3. The minimum absolute atomic E-state index is 0.332. The predicted molar refractivity (Wildman–Crippen MR) is 110 cm³/mol. The van der Waals surface area contributed by atoms with Crippen LogP contribution < -0.4 is 15.8 Å². The molecule has 3 rings (SSSR count). The maximum atomic E-state index is 11.3. The van der Waals surface area contributed by atoms with E-state index < -0.39 is 12.0 Å². The molecule has 28 heavy (non-hydrogen) atoms. The Hall–Kier alpha value is -2.67. The van der Waals surface area contributed by atoms with Gasteiger partial charge in [-0.05, 0) is 36.6 Å². The molecule has 1 unspecified atom stereocenters. The van der Waals surface area contributed by atoms with Crippen molar-refractivity contribution in [3.8, 4) is 5.75 Å². The number of esters is 1. The maximum Gasteiger partial charge on any atom is 0.323 e. The van der Waals surface area contributed by atoms with Crippen LogP contribution in [0.1, 0.15) is 37.2 Å². The minimum atomic E-state index is -0.706. The molecule has 3 N–H and O–H groups in total. The number of nitrogens with one attached hydrogen (secondary N) is 1. The van der Waals surface area contributed by atoms with Crippen LogP contribution in [0.4, 0.5) is 5.82 Å². The normalized spacial score (nSPS) is 13.3. The zero-order valence-corrected chi connectivity index (χ0v) is 16.9. The summed E-state index contributed by atoms with van der Waals surface area (Å²) < 4.78 is 10.3. The molecule has 1 aliphatic rings. The number of hydrogen-bond donors (Lipinski definition) is 2. The highest BCUT2D eigenvalue weighted by molar-refractivity contribution is 5.75. The van der Waals surface area contributed by atoms with E-state index in [2.05, 4.69) is 32.2 Å². The molecule has 3 heterocycles. The third-order valence-corrected chi connectivity index (χ3v) is 4.31. The van der Waals surface area contributed by atoms with Crippen LogP contribution in [-0.2, 0) is 28.8 Å². The van der Waals surface area contributed by atoms with Crippen molar-refractivity contribution in [3.05, 3.63) is 47.4 Å². The summed E-state index contributed by atoms with van der Waals surface area (Å²) in [6.45, 7) is 5.51. The molecular weight excluding hydrogens is 356 g/mol. The van der Waals surface area contributed by atoms with E-state index in [-0.39, 0.29) is 0 Å². The summed E-state index contributed by atoms with van der Waals surface area (Å²) in [5.74, 6) is 1.23. The van der Waals surface area contributed by atoms with Gasteiger partial charge in [0.15, 0.2) is 0 Å². The highest BCUT2D eigenvalue weighted by atomic mass is 16.5. The molecule has 1 atom stereocenters. The van der Waals surface area contributed by atoms with E-state index in [1.54, 1.807) is 12.3 Å². The molecule has 0 spiro atoms. The van der Waals surface area contributed by atoms with E-state index in [1.165, 1.54) is 12.7 Å². The molecule has 0 aliphatic carbocycles. The van der Waals surface area contributed by atoms with Crippen LogP contribution in [0.25, 0.3) is 0 Å². The van der Waals surface area contributed by atoms with E-state index in [0.29, 0.717) is 18.8 Å². The minimum Gasteiger partial charge on any atom is -0.492 e. The number of rotatable bonds is 7. The summed E-state index contributed by atoms with van der Waals surface area (Å²) in [4.78, 5) is 20.3. The Bertz CT molecular complexity index is 750. The highest BCUT2D eigenvalue weighted by Crippen LogP contribution is 2.20. The first-order valence-corrected chi connectivity index (χ1v) is 9.79. The first-order valence-electron chi connectivity index (χ1n) is 9.79. The van der Waals surface area contributed by atoms with Crippen LogP contribution in [0.2, 0.25) is 0 Å². The summed E-state index contributed by atoms with van der Waals surface area (Å²) in [6.07, 6.45) is 4.94. The number of nitrogens with zero attached hydrogens (tertiary/aromatic N) is 2. The van der Waals surface area contributed by atoms with Gasteiger partial charge in [0.25, 0.3) is 0 Å². The largest absolute Gasteiger partial charge is 0.492 e. The third kappa shape index (κ3) is 6.20. The number of methoxy groups -OCH3 is 1. The lowest BCUT2D eigenvalue weighted by atomic mass is 10.1. The SMILES string of the molecule is CC.COC(=O)C(N)Cc1ccc(OCCc2ccc3c(n2)NCCC3)cn1. The van der Waals surface area contributed by atoms with Gasteiger partial charge in [0.1, 0.15) is 17.6 Å². The lowest BCUT2D eigenvalue weighted by Gasteiger charge is -2.17. The Labute approximate surface area is 166 Å². The molecule has 2 aromatic rings. The molecule has 152 valence electrons. The second kappa shape index (κ2) is 11.2. The van der Waals surface area contributed by atoms with Crippen molar-refractivity contribution in [3.63, 3.8) is 0 Å². The number of nitrogens with two attached hydrogens (primary N) is 1. The van der Waals surface area contributed by atoms with Gasteiger partial charge in [-0.15, -0.1) is 0 Å². The number of carbonyl (C=O) groups is 1. The fourth-order valence-electron chi connectivity index (χ4n) is 2.86. The van der Waals surface area contributed by atoms with Crippen LogP contribution in [-0.4, -0.2) is 42.2 Å². The summed E-state index contributed by atoms with van der Waals surface area (Å²) >= 11 is 0. The topological polar surface area (TPSA) is 99.4 Å². The molecule has 7 heteroatoms. The molecule has 0 saturated carbocycles. The number of anilines is 1. The van der Waals surface area contributed by atoms with Crippen LogP contribution >= 0.6 is 0 Å². The van der Waals surface area contributed by atoms with Crippen molar-refractivity contribution in [1.82, 2.24) is 9.97 Å². The van der Waals surface area contributed by atoms with Crippen LogP contribution in [0.15, 0.2) is 30.5 Å². The van der Waals surface area contributed by atoms with Gasteiger partial charge in [0, 0.05) is 30.8 Å². The van der Waals surface area contributed by atoms with Gasteiger partial charge >= 0.3 is 5.97 Å². The van der Waals surface area contributed by atoms with Gasteiger partial charge in [-0.25, -0.2) is 4.98 Å². The fourth-order valence-corrected chi connectivity index (χ4v) is 2.86. The zero-order valence-electron chi connectivity index (χ0n) is 16.9. The number of aromatic nitrogens is 2. The Morgan fingerprint density at radius 3 is 2.75 bits per heavy atom. The molecule has 0 amide bonds. The summed E-state index contributed by atoms with van der Waals surface area (Å²) in [5.41, 5.74) is 8.74. The first-order chi connectivity index (χ1) is 13.7. The number of hydrogen-bond acceptors (Lipinski definition) is 7. The molecule has 0 bridgehead atoms. The molecule has 0 radical (unpaired) electrons. The summed E-state index contributed by atoms with van der Waals surface area (Å²) in [6, 6.07) is 7.13. The Morgan fingerprint density at radius 2 is 2.04 bits per heavy atom. The third-order valence-electron chi connectivity index (χ3n) is 4.31. The van der Waals surface area contributed by atoms with Crippen molar-refractivity contribution in [1.29, 1.82) is 0 Å². The number of aryl methyl sites for hydroxylation is 1. The molecule has 2 aromatic heterocycles. The number of ether oxygens (including phenoxy) is 2. The average molecular weight is 386 g/mol. The van der Waals surface area contributed by atoms with Gasteiger partial charge in [0.05, 0.1) is 19.9 Å². The lowest BCUT2D eigenvalue weighted by Crippen LogP contribution is -2.33. The van der Waals surface area contributed by atoms with E-state index in [4.69, 9.17) is 10.5 Å². The Morgan fingerprint density at radius 1 is 1.25 bits per heavy atom. The van der Waals surface area contributed by atoms with Crippen molar-refractivity contribution in [2.45, 2.75) is 45.6 Å².